The third kappa shape index (κ3) is 2.37. The van der Waals surface area contributed by atoms with Crippen molar-refractivity contribution >= 4 is 5.78 Å². The molecule has 2 rings (SSSR count). The van der Waals surface area contributed by atoms with Crippen molar-refractivity contribution in [3.63, 3.8) is 0 Å². The van der Waals surface area contributed by atoms with Crippen LogP contribution in [0.3, 0.4) is 0 Å². The van der Waals surface area contributed by atoms with Crippen molar-refractivity contribution in [2.75, 3.05) is 6.61 Å². The minimum Gasteiger partial charge on any atom is -0.489 e. The zero-order valence-electron chi connectivity index (χ0n) is 9.05. The Morgan fingerprint density at radius 2 is 2.00 bits per heavy atom. The highest BCUT2D eigenvalue weighted by molar-refractivity contribution is 6.07. The Morgan fingerprint density at radius 3 is 2.56 bits per heavy atom. The van der Waals surface area contributed by atoms with Crippen molar-refractivity contribution in [1.29, 1.82) is 0 Å². The standard InChI is InChI=1S/C12H8F4O2/c13-9-4-3-7(12(14,15)16)6-8(9)11(17)10-2-1-5-18-10/h2-4,6H,1,5H2. The highest BCUT2D eigenvalue weighted by atomic mass is 19.4. The van der Waals surface area contributed by atoms with Gasteiger partial charge >= 0.3 is 6.18 Å². The van der Waals surface area contributed by atoms with E-state index in [1.54, 1.807) is 0 Å². The molecule has 1 heterocycles. The lowest BCUT2D eigenvalue weighted by Crippen LogP contribution is -2.11. The Balaban J connectivity index is 2.40. The normalized spacial score (nSPS) is 15.2. The number of alkyl halides is 3. The van der Waals surface area contributed by atoms with E-state index in [0.29, 0.717) is 24.6 Å². The fourth-order valence-electron chi connectivity index (χ4n) is 1.58. The van der Waals surface area contributed by atoms with Crippen LogP contribution in [0.2, 0.25) is 0 Å². The molecular weight excluding hydrogens is 252 g/mol. The molecule has 0 aromatic heterocycles. The van der Waals surface area contributed by atoms with E-state index >= 15 is 0 Å². The number of hydrogen-bond donors (Lipinski definition) is 0. The summed E-state index contributed by atoms with van der Waals surface area (Å²) in [6.07, 6.45) is -2.70. The molecule has 0 atom stereocenters. The van der Waals surface area contributed by atoms with Crippen molar-refractivity contribution in [2.45, 2.75) is 12.6 Å². The van der Waals surface area contributed by atoms with Crippen molar-refractivity contribution < 1.29 is 27.1 Å². The Morgan fingerprint density at radius 1 is 1.28 bits per heavy atom. The summed E-state index contributed by atoms with van der Waals surface area (Å²) in [6.45, 7) is 0.279. The van der Waals surface area contributed by atoms with E-state index in [1.165, 1.54) is 6.08 Å². The Labute approximate surface area is 99.9 Å². The monoisotopic (exact) mass is 260 g/mol. The maximum absolute atomic E-state index is 13.4. The van der Waals surface area contributed by atoms with Gasteiger partial charge in [-0.2, -0.15) is 13.2 Å². The topological polar surface area (TPSA) is 26.3 Å². The number of rotatable bonds is 2. The van der Waals surface area contributed by atoms with Gasteiger partial charge in [-0.3, -0.25) is 4.79 Å². The van der Waals surface area contributed by atoms with Crippen LogP contribution in [0.4, 0.5) is 17.6 Å². The Bertz CT molecular complexity index is 517. The van der Waals surface area contributed by atoms with Gasteiger partial charge in [0.05, 0.1) is 17.7 Å². The van der Waals surface area contributed by atoms with Gasteiger partial charge in [0.1, 0.15) is 5.82 Å². The molecule has 0 aliphatic carbocycles. The van der Waals surface area contributed by atoms with Crippen molar-refractivity contribution in [2.24, 2.45) is 0 Å². The second kappa shape index (κ2) is 4.44. The number of hydrogen-bond acceptors (Lipinski definition) is 2. The highest BCUT2D eigenvalue weighted by Crippen LogP contribution is 2.31. The van der Waals surface area contributed by atoms with Gasteiger partial charge in [0.2, 0.25) is 5.78 Å². The maximum atomic E-state index is 13.4. The Hall–Kier alpha value is -1.85. The molecule has 1 aliphatic heterocycles. The molecule has 1 aromatic rings. The van der Waals surface area contributed by atoms with Crippen LogP contribution in [0.15, 0.2) is 30.0 Å². The number of allylic oxidation sites excluding steroid dienone is 1. The molecule has 0 bridgehead atoms. The van der Waals surface area contributed by atoms with Gasteiger partial charge in [-0.1, -0.05) is 0 Å². The van der Waals surface area contributed by atoms with E-state index in [2.05, 4.69) is 0 Å². The summed E-state index contributed by atoms with van der Waals surface area (Å²) in [5, 5.41) is 0. The van der Waals surface area contributed by atoms with Crippen LogP contribution in [0.1, 0.15) is 22.3 Å². The summed E-state index contributed by atoms with van der Waals surface area (Å²) in [7, 11) is 0. The average molecular weight is 260 g/mol. The molecule has 0 fully saturated rings. The third-order valence-electron chi connectivity index (χ3n) is 2.47. The maximum Gasteiger partial charge on any atom is 0.416 e. The average Bonchev–Trinajstić information content (AvgIpc) is 2.80. The number of benzene rings is 1. The second-order valence-corrected chi connectivity index (χ2v) is 3.73. The van der Waals surface area contributed by atoms with E-state index in [9.17, 15) is 22.4 Å². The molecule has 0 saturated heterocycles. The molecule has 6 heteroatoms. The molecule has 0 radical (unpaired) electrons. The quantitative estimate of drug-likeness (QED) is 0.602. The number of ketones is 1. The SMILES string of the molecule is O=C(C1=CCCO1)c1cc(C(F)(F)F)ccc1F. The number of halogens is 4. The van der Waals surface area contributed by atoms with Crippen LogP contribution >= 0.6 is 0 Å². The first-order valence-corrected chi connectivity index (χ1v) is 5.14. The van der Waals surface area contributed by atoms with Crippen LogP contribution in [0.5, 0.6) is 0 Å². The van der Waals surface area contributed by atoms with Gasteiger partial charge in [0.25, 0.3) is 0 Å². The minimum atomic E-state index is -4.62. The highest BCUT2D eigenvalue weighted by Gasteiger charge is 2.32. The first-order chi connectivity index (χ1) is 8.39. The van der Waals surface area contributed by atoms with E-state index in [4.69, 9.17) is 4.74 Å². The van der Waals surface area contributed by atoms with Gasteiger partial charge in [-0.15, -0.1) is 0 Å². The zero-order chi connectivity index (χ0) is 13.3. The summed E-state index contributed by atoms with van der Waals surface area (Å²) < 4.78 is 55.7. The van der Waals surface area contributed by atoms with E-state index in [-0.39, 0.29) is 12.4 Å². The van der Waals surface area contributed by atoms with Gasteiger partial charge in [0, 0.05) is 6.42 Å². The summed E-state index contributed by atoms with van der Waals surface area (Å²) in [5.74, 6) is -1.96. The largest absolute Gasteiger partial charge is 0.489 e. The molecule has 0 N–H and O–H groups in total. The van der Waals surface area contributed by atoms with E-state index < -0.39 is 28.9 Å². The lowest BCUT2D eigenvalue weighted by Gasteiger charge is -2.09. The molecule has 2 nitrogen and oxygen atoms in total. The molecule has 0 amide bonds. The van der Waals surface area contributed by atoms with Gasteiger partial charge in [-0.05, 0) is 24.3 Å². The summed E-state index contributed by atoms with van der Waals surface area (Å²) >= 11 is 0. The molecule has 0 spiro atoms. The lowest BCUT2D eigenvalue weighted by atomic mass is 10.0. The van der Waals surface area contributed by atoms with Crippen molar-refractivity contribution in [3.05, 3.63) is 47.0 Å². The molecule has 0 unspecified atom stereocenters. The van der Waals surface area contributed by atoms with Crippen LogP contribution < -0.4 is 0 Å². The van der Waals surface area contributed by atoms with E-state index in [0.717, 1.165) is 0 Å². The number of carbonyl (C=O) groups excluding carboxylic acids is 1. The van der Waals surface area contributed by atoms with Crippen molar-refractivity contribution in [3.8, 4) is 0 Å². The molecule has 1 aliphatic rings. The lowest BCUT2D eigenvalue weighted by molar-refractivity contribution is -0.137. The van der Waals surface area contributed by atoms with Crippen molar-refractivity contribution in [1.82, 2.24) is 0 Å². The molecule has 0 saturated carbocycles. The number of carbonyl (C=O) groups is 1. The van der Waals surface area contributed by atoms with Gasteiger partial charge < -0.3 is 4.74 Å². The first-order valence-electron chi connectivity index (χ1n) is 5.14. The predicted octanol–water partition coefficient (Wildman–Crippen LogP) is 3.33. The summed E-state index contributed by atoms with van der Waals surface area (Å²) in [4.78, 5) is 11.7. The van der Waals surface area contributed by atoms with Gasteiger partial charge in [-0.25, -0.2) is 4.39 Å². The predicted molar refractivity (Wildman–Crippen MR) is 54.4 cm³/mol. The summed E-state index contributed by atoms with van der Waals surface area (Å²) in [5.41, 5.74) is -1.69. The number of ether oxygens (including phenoxy) is 1. The fourth-order valence-corrected chi connectivity index (χ4v) is 1.58. The Kier molecular flexibility index (Phi) is 3.11. The van der Waals surface area contributed by atoms with Crippen LogP contribution in [-0.2, 0) is 10.9 Å². The van der Waals surface area contributed by atoms with Crippen LogP contribution in [0, 0.1) is 5.82 Å². The number of Topliss-reactive ketones (excluding diaryl/α,β-unsaturated/α-hetero) is 1. The smallest absolute Gasteiger partial charge is 0.416 e. The van der Waals surface area contributed by atoms with E-state index in [1.807, 2.05) is 0 Å². The fraction of sp³-hybridized carbons (Fsp3) is 0.250. The summed E-state index contributed by atoms with van der Waals surface area (Å²) in [6, 6.07) is 1.72. The first kappa shape index (κ1) is 12.6. The third-order valence-corrected chi connectivity index (χ3v) is 2.47. The zero-order valence-corrected chi connectivity index (χ0v) is 9.05. The van der Waals surface area contributed by atoms with Crippen LogP contribution in [-0.4, -0.2) is 12.4 Å². The molecule has 1 aromatic carbocycles. The molecular formula is C12H8F4O2. The minimum absolute atomic E-state index is 0.103. The van der Waals surface area contributed by atoms with Crippen LogP contribution in [0.25, 0.3) is 0 Å². The molecule has 96 valence electrons. The van der Waals surface area contributed by atoms with Gasteiger partial charge in [0.15, 0.2) is 5.76 Å². The second-order valence-electron chi connectivity index (χ2n) is 3.73. The molecule has 18 heavy (non-hydrogen) atoms.